The van der Waals surface area contributed by atoms with Crippen molar-refractivity contribution in [1.29, 1.82) is 5.26 Å². The summed E-state index contributed by atoms with van der Waals surface area (Å²) in [6, 6.07) is 14.1. The molecule has 0 amide bonds. The van der Waals surface area contributed by atoms with Gasteiger partial charge in [-0.1, -0.05) is 19.9 Å². The first-order valence-electron chi connectivity index (χ1n) is 6.84. The number of rotatable bonds is 3. The predicted molar refractivity (Wildman–Crippen MR) is 81.4 cm³/mol. The standard InChI is InChI=1S/C18H17NO2/c1-12(2)17-9-8-16(10-13(17)3)21-18(20)15-6-4-14(11-19)5-7-15/h4-10,12H,1-3H3. The fourth-order valence-corrected chi connectivity index (χ4v) is 2.21. The Bertz CT molecular complexity index is 694. The van der Waals surface area contributed by atoms with E-state index in [2.05, 4.69) is 13.8 Å². The van der Waals surface area contributed by atoms with Crippen LogP contribution in [-0.4, -0.2) is 5.97 Å². The quantitative estimate of drug-likeness (QED) is 0.624. The second-order valence-electron chi connectivity index (χ2n) is 5.25. The van der Waals surface area contributed by atoms with Gasteiger partial charge < -0.3 is 4.74 Å². The monoisotopic (exact) mass is 279 g/mol. The molecule has 0 radical (unpaired) electrons. The van der Waals surface area contributed by atoms with E-state index in [1.54, 1.807) is 24.3 Å². The van der Waals surface area contributed by atoms with E-state index in [9.17, 15) is 4.79 Å². The molecule has 0 bridgehead atoms. The normalized spacial score (nSPS) is 10.2. The maximum absolute atomic E-state index is 12.0. The van der Waals surface area contributed by atoms with Gasteiger partial charge in [0.15, 0.2) is 0 Å². The smallest absolute Gasteiger partial charge is 0.343 e. The van der Waals surface area contributed by atoms with Gasteiger partial charge >= 0.3 is 5.97 Å². The highest BCUT2D eigenvalue weighted by Gasteiger charge is 2.10. The minimum Gasteiger partial charge on any atom is -0.423 e. The number of aryl methyl sites for hydroxylation is 1. The van der Waals surface area contributed by atoms with E-state index < -0.39 is 5.97 Å². The van der Waals surface area contributed by atoms with Crippen molar-refractivity contribution in [2.45, 2.75) is 26.7 Å². The number of ether oxygens (including phenoxy) is 1. The molecule has 21 heavy (non-hydrogen) atoms. The number of nitrogens with zero attached hydrogens (tertiary/aromatic N) is 1. The van der Waals surface area contributed by atoms with Crippen molar-refractivity contribution in [3.63, 3.8) is 0 Å². The Labute approximate surface area is 124 Å². The van der Waals surface area contributed by atoms with Gasteiger partial charge in [0.05, 0.1) is 17.2 Å². The predicted octanol–water partition coefficient (Wildman–Crippen LogP) is 4.21. The zero-order valence-corrected chi connectivity index (χ0v) is 12.4. The van der Waals surface area contributed by atoms with Crippen LogP contribution >= 0.6 is 0 Å². The second-order valence-corrected chi connectivity index (χ2v) is 5.25. The van der Waals surface area contributed by atoms with E-state index >= 15 is 0 Å². The SMILES string of the molecule is Cc1cc(OC(=O)c2ccc(C#N)cc2)ccc1C(C)C. The van der Waals surface area contributed by atoms with Gasteiger partial charge in [0, 0.05) is 0 Å². The Balaban J connectivity index is 2.15. The Hall–Kier alpha value is -2.60. The molecule has 3 heteroatoms. The van der Waals surface area contributed by atoms with Gasteiger partial charge in [-0.05, 0) is 60.4 Å². The summed E-state index contributed by atoms with van der Waals surface area (Å²) in [5.41, 5.74) is 3.30. The van der Waals surface area contributed by atoms with Crippen molar-refractivity contribution in [3.8, 4) is 11.8 Å². The third-order valence-corrected chi connectivity index (χ3v) is 3.32. The lowest BCUT2D eigenvalue weighted by Gasteiger charge is -2.11. The average Bonchev–Trinajstić information content (AvgIpc) is 2.47. The van der Waals surface area contributed by atoms with E-state index in [4.69, 9.17) is 10.00 Å². The maximum atomic E-state index is 12.0. The van der Waals surface area contributed by atoms with E-state index in [1.165, 1.54) is 5.56 Å². The van der Waals surface area contributed by atoms with Crippen molar-refractivity contribution in [2.24, 2.45) is 0 Å². The fourth-order valence-electron chi connectivity index (χ4n) is 2.21. The van der Waals surface area contributed by atoms with Crippen LogP contribution < -0.4 is 4.74 Å². The fraction of sp³-hybridized carbons (Fsp3) is 0.222. The molecule has 0 heterocycles. The summed E-state index contributed by atoms with van der Waals surface area (Å²) in [5, 5.41) is 8.74. The molecule has 0 N–H and O–H groups in total. The van der Waals surface area contributed by atoms with E-state index in [0.29, 0.717) is 22.8 Å². The van der Waals surface area contributed by atoms with Gasteiger partial charge in [0.1, 0.15) is 5.75 Å². The lowest BCUT2D eigenvalue weighted by Crippen LogP contribution is -2.08. The van der Waals surface area contributed by atoms with Crippen molar-refractivity contribution >= 4 is 5.97 Å². The molecule has 2 aromatic rings. The van der Waals surface area contributed by atoms with Crippen LogP contribution in [0, 0.1) is 18.3 Å². The third kappa shape index (κ3) is 3.49. The molecule has 106 valence electrons. The number of carbonyl (C=O) groups excluding carboxylic acids is 1. The average molecular weight is 279 g/mol. The Morgan fingerprint density at radius 3 is 2.33 bits per heavy atom. The van der Waals surface area contributed by atoms with Crippen molar-refractivity contribution < 1.29 is 9.53 Å². The summed E-state index contributed by atoms with van der Waals surface area (Å²) in [5.74, 6) is 0.552. The molecular weight excluding hydrogens is 262 g/mol. The molecule has 2 aromatic carbocycles. The largest absolute Gasteiger partial charge is 0.423 e. The summed E-state index contributed by atoms with van der Waals surface area (Å²) in [7, 11) is 0. The van der Waals surface area contributed by atoms with Gasteiger partial charge in [-0.3, -0.25) is 0 Å². The van der Waals surface area contributed by atoms with Crippen LogP contribution in [0.15, 0.2) is 42.5 Å². The molecule has 0 aromatic heterocycles. The number of carbonyl (C=O) groups is 1. The second kappa shape index (κ2) is 6.23. The Morgan fingerprint density at radius 1 is 1.14 bits per heavy atom. The van der Waals surface area contributed by atoms with E-state index in [-0.39, 0.29) is 0 Å². The van der Waals surface area contributed by atoms with Crippen LogP contribution in [0.2, 0.25) is 0 Å². The van der Waals surface area contributed by atoms with Crippen molar-refractivity contribution in [3.05, 3.63) is 64.7 Å². The van der Waals surface area contributed by atoms with Gasteiger partial charge in [-0.25, -0.2) is 4.79 Å². The molecule has 0 saturated carbocycles. The molecule has 0 saturated heterocycles. The van der Waals surface area contributed by atoms with Crippen molar-refractivity contribution in [1.82, 2.24) is 0 Å². The summed E-state index contributed by atoms with van der Waals surface area (Å²) >= 11 is 0. The summed E-state index contributed by atoms with van der Waals surface area (Å²) in [6.07, 6.45) is 0. The van der Waals surface area contributed by atoms with E-state index in [0.717, 1.165) is 5.56 Å². The molecular formula is C18H17NO2. The van der Waals surface area contributed by atoms with Gasteiger partial charge in [-0.15, -0.1) is 0 Å². The van der Waals surface area contributed by atoms with Crippen molar-refractivity contribution in [2.75, 3.05) is 0 Å². The topological polar surface area (TPSA) is 50.1 Å². The lowest BCUT2D eigenvalue weighted by molar-refractivity contribution is 0.0734. The molecule has 0 aliphatic heterocycles. The number of hydrogen-bond donors (Lipinski definition) is 0. The minimum atomic E-state index is -0.420. The highest BCUT2D eigenvalue weighted by molar-refractivity contribution is 5.91. The van der Waals surface area contributed by atoms with Gasteiger partial charge in [-0.2, -0.15) is 5.26 Å². The molecule has 2 rings (SSSR count). The van der Waals surface area contributed by atoms with Crippen LogP contribution in [0.5, 0.6) is 5.75 Å². The molecule has 3 nitrogen and oxygen atoms in total. The number of esters is 1. The highest BCUT2D eigenvalue weighted by atomic mass is 16.5. The van der Waals surface area contributed by atoms with Crippen LogP contribution in [0.3, 0.4) is 0 Å². The molecule has 0 fully saturated rings. The zero-order chi connectivity index (χ0) is 15.4. The van der Waals surface area contributed by atoms with Gasteiger partial charge in [0.2, 0.25) is 0 Å². The molecule has 0 spiro atoms. The number of benzene rings is 2. The zero-order valence-electron chi connectivity index (χ0n) is 12.4. The Morgan fingerprint density at radius 2 is 1.81 bits per heavy atom. The lowest BCUT2D eigenvalue weighted by atomic mass is 9.98. The minimum absolute atomic E-state index is 0.420. The summed E-state index contributed by atoms with van der Waals surface area (Å²) in [4.78, 5) is 12.0. The Kier molecular flexibility index (Phi) is 4.39. The summed E-state index contributed by atoms with van der Waals surface area (Å²) < 4.78 is 5.37. The molecule has 0 aliphatic carbocycles. The van der Waals surface area contributed by atoms with Crippen LogP contribution in [-0.2, 0) is 0 Å². The van der Waals surface area contributed by atoms with Crippen LogP contribution in [0.25, 0.3) is 0 Å². The van der Waals surface area contributed by atoms with E-state index in [1.807, 2.05) is 31.2 Å². The first-order chi connectivity index (χ1) is 10.0. The molecule has 0 unspecified atom stereocenters. The number of hydrogen-bond acceptors (Lipinski definition) is 3. The molecule has 0 aliphatic rings. The first kappa shape index (κ1) is 14.8. The first-order valence-corrected chi connectivity index (χ1v) is 6.84. The van der Waals surface area contributed by atoms with Crippen LogP contribution in [0.1, 0.15) is 46.8 Å². The summed E-state index contributed by atoms with van der Waals surface area (Å²) in [6.45, 7) is 6.27. The van der Waals surface area contributed by atoms with Crippen LogP contribution in [0.4, 0.5) is 0 Å². The van der Waals surface area contributed by atoms with Gasteiger partial charge in [0.25, 0.3) is 0 Å². The molecule has 0 atom stereocenters. The highest BCUT2D eigenvalue weighted by Crippen LogP contribution is 2.24. The third-order valence-electron chi connectivity index (χ3n) is 3.32. The number of nitriles is 1. The maximum Gasteiger partial charge on any atom is 0.343 e.